The highest BCUT2D eigenvalue weighted by atomic mass is 35.5. The molecular weight excluding hydrogens is 407 g/mol. The van der Waals surface area contributed by atoms with Crippen LogP contribution in [0.1, 0.15) is 35.6 Å². The van der Waals surface area contributed by atoms with Crippen LogP contribution in [0.5, 0.6) is 5.75 Å². The molecule has 2 aliphatic heterocycles. The highest BCUT2D eigenvalue weighted by molar-refractivity contribution is 6.35. The summed E-state index contributed by atoms with van der Waals surface area (Å²) < 4.78 is 11.8. The Morgan fingerprint density at radius 1 is 0.963 bits per heavy atom. The molecule has 1 aromatic heterocycles. The molecule has 136 valence electrons. The van der Waals surface area contributed by atoms with Crippen molar-refractivity contribution >= 4 is 40.5 Å². The Morgan fingerprint density at radius 3 is 2.56 bits per heavy atom. The third kappa shape index (κ3) is 2.89. The second kappa shape index (κ2) is 6.48. The van der Waals surface area contributed by atoms with Gasteiger partial charge in [-0.05, 0) is 42.5 Å². The smallest absolute Gasteiger partial charge is 0.215 e. The number of rotatable bonds is 2. The molecule has 0 amide bonds. The summed E-state index contributed by atoms with van der Waals surface area (Å²) in [6.07, 6.45) is 1.86. The Balaban J connectivity index is 1.64. The lowest BCUT2D eigenvalue weighted by atomic mass is 9.97. The van der Waals surface area contributed by atoms with E-state index in [9.17, 15) is 0 Å². The standard InChI is InChI=1S/C20H13Cl3N2O2/c21-11-4-6-18-14(8-11)17-10-16(19-2-1-7-26-19)24-25(17)20(27-18)13-5-3-12(22)9-15(13)23/h1-9,17,20H,10H2/t17-,20-/m0/s1. The fraction of sp³-hybridized carbons (Fsp3) is 0.150. The minimum atomic E-state index is -0.471. The van der Waals surface area contributed by atoms with Crippen molar-refractivity contribution in [2.75, 3.05) is 0 Å². The summed E-state index contributed by atoms with van der Waals surface area (Å²) in [4.78, 5) is 0. The van der Waals surface area contributed by atoms with Gasteiger partial charge in [0.1, 0.15) is 17.2 Å². The maximum absolute atomic E-state index is 6.46. The van der Waals surface area contributed by atoms with Gasteiger partial charge in [-0.25, -0.2) is 5.01 Å². The Kier molecular flexibility index (Phi) is 4.08. The highest BCUT2D eigenvalue weighted by Gasteiger charge is 2.42. The van der Waals surface area contributed by atoms with Crippen LogP contribution >= 0.6 is 34.8 Å². The van der Waals surface area contributed by atoms with Gasteiger partial charge in [0.05, 0.1) is 17.3 Å². The number of hydrogen-bond donors (Lipinski definition) is 0. The number of furan rings is 1. The number of benzene rings is 2. The molecule has 2 aromatic carbocycles. The van der Waals surface area contributed by atoms with Crippen molar-refractivity contribution in [2.45, 2.75) is 18.7 Å². The Morgan fingerprint density at radius 2 is 1.78 bits per heavy atom. The molecule has 27 heavy (non-hydrogen) atoms. The molecule has 2 aliphatic rings. The molecule has 0 aliphatic carbocycles. The zero-order valence-electron chi connectivity index (χ0n) is 13.9. The zero-order chi connectivity index (χ0) is 18.5. The van der Waals surface area contributed by atoms with Crippen LogP contribution < -0.4 is 4.74 Å². The Bertz CT molecular complexity index is 1050. The molecular formula is C20H13Cl3N2O2. The van der Waals surface area contributed by atoms with Gasteiger partial charge in [-0.15, -0.1) is 0 Å². The molecule has 0 radical (unpaired) electrons. The summed E-state index contributed by atoms with van der Waals surface area (Å²) in [6, 6.07) is 14.7. The molecule has 0 unspecified atom stereocenters. The average Bonchev–Trinajstić information content (AvgIpc) is 3.31. The van der Waals surface area contributed by atoms with E-state index in [1.807, 2.05) is 41.4 Å². The normalized spacial score (nSPS) is 20.7. The van der Waals surface area contributed by atoms with Crippen molar-refractivity contribution < 1.29 is 9.15 Å². The fourth-order valence-corrected chi connectivity index (χ4v) is 4.24. The van der Waals surface area contributed by atoms with Gasteiger partial charge in [-0.1, -0.05) is 40.9 Å². The SMILES string of the molecule is Clc1ccc([C@@H]2Oc3ccc(Cl)cc3[C@@H]3CC(c4ccco4)=NN32)c(Cl)c1. The number of nitrogens with zero attached hydrogens (tertiary/aromatic N) is 2. The van der Waals surface area contributed by atoms with Crippen LogP contribution in [-0.4, -0.2) is 10.7 Å². The van der Waals surface area contributed by atoms with Crippen LogP contribution in [-0.2, 0) is 0 Å². The van der Waals surface area contributed by atoms with Crippen molar-refractivity contribution in [3.05, 3.63) is 86.7 Å². The molecule has 3 heterocycles. The van der Waals surface area contributed by atoms with E-state index in [2.05, 4.69) is 0 Å². The predicted molar refractivity (Wildman–Crippen MR) is 106 cm³/mol. The molecule has 7 heteroatoms. The predicted octanol–water partition coefficient (Wildman–Crippen LogP) is 6.48. The van der Waals surface area contributed by atoms with Crippen LogP contribution in [0.25, 0.3) is 0 Å². The van der Waals surface area contributed by atoms with Crippen molar-refractivity contribution in [1.29, 1.82) is 0 Å². The lowest BCUT2D eigenvalue weighted by molar-refractivity contribution is -0.0189. The average molecular weight is 420 g/mol. The summed E-state index contributed by atoms with van der Waals surface area (Å²) >= 11 is 18.8. The summed E-state index contributed by atoms with van der Waals surface area (Å²) in [5.74, 6) is 1.52. The highest BCUT2D eigenvalue weighted by Crippen LogP contribution is 2.49. The van der Waals surface area contributed by atoms with E-state index in [4.69, 9.17) is 49.1 Å². The Labute approximate surface area is 170 Å². The van der Waals surface area contributed by atoms with Crippen LogP contribution in [0.3, 0.4) is 0 Å². The summed E-state index contributed by atoms with van der Waals surface area (Å²) in [7, 11) is 0. The number of halogens is 3. The topological polar surface area (TPSA) is 38.0 Å². The molecule has 0 fully saturated rings. The monoisotopic (exact) mass is 418 g/mol. The summed E-state index contributed by atoms with van der Waals surface area (Å²) in [6.45, 7) is 0. The van der Waals surface area contributed by atoms with Gasteiger partial charge >= 0.3 is 0 Å². The van der Waals surface area contributed by atoms with Crippen molar-refractivity contribution in [1.82, 2.24) is 5.01 Å². The number of hydrazone groups is 1. The van der Waals surface area contributed by atoms with E-state index >= 15 is 0 Å². The molecule has 0 saturated heterocycles. The van der Waals surface area contributed by atoms with E-state index in [0.717, 1.165) is 28.3 Å². The first kappa shape index (κ1) is 17.0. The van der Waals surface area contributed by atoms with Crippen LogP contribution in [0.4, 0.5) is 0 Å². The van der Waals surface area contributed by atoms with E-state index < -0.39 is 6.23 Å². The fourth-order valence-electron chi connectivity index (χ4n) is 3.56. The van der Waals surface area contributed by atoms with Crippen molar-refractivity contribution in [2.24, 2.45) is 5.10 Å². The summed E-state index contributed by atoms with van der Waals surface area (Å²) in [5, 5.41) is 8.49. The third-order valence-electron chi connectivity index (χ3n) is 4.79. The Hall–Kier alpha value is -2.14. The second-order valence-corrected chi connectivity index (χ2v) is 7.72. The largest absolute Gasteiger partial charge is 0.464 e. The molecule has 0 N–H and O–H groups in total. The molecule has 0 spiro atoms. The van der Waals surface area contributed by atoms with E-state index in [0.29, 0.717) is 21.5 Å². The van der Waals surface area contributed by atoms with E-state index in [1.54, 1.807) is 18.4 Å². The summed E-state index contributed by atoms with van der Waals surface area (Å²) in [5.41, 5.74) is 2.65. The van der Waals surface area contributed by atoms with Crippen LogP contribution in [0, 0.1) is 0 Å². The molecule has 2 atom stereocenters. The van der Waals surface area contributed by atoms with Gasteiger partial charge in [-0.2, -0.15) is 5.10 Å². The van der Waals surface area contributed by atoms with Gasteiger partial charge in [0.25, 0.3) is 0 Å². The lowest BCUT2D eigenvalue weighted by Gasteiger charge is -2.38. The van der Waals surface area contributed by atoms with Gasteiger partial charge in [0.2, 0.25) is 6.23 Å². The third-order valence-corrected chi connectivity index (χ3v) is 5.58. The quantitative estimate of drug-likeness (QED) is 0.477. The number of hydrogen-bond acceptors (Lipinski definition) is 4. The van der Waals surface area contributed by atoms with Gasteiger partial charge < -0.3 is 9.15 Å². The minimum absolute atomic E-state index is 0.0238. The van der Waals surface area contributed by atoms with Crippen LogP contribution in [0.15, 0.2) is 64.3 Å². The molecule has 5 rings (SSSR count). The number of ether oxygens (including phenoxy) is 1. The van der Waals surface area contributed by atoms with Gasteiger partial charge in [0.15, 0.2) is 0 Å². The number of fused-ring (bicyclic) bond motifs is 3. The first-order valence-electron chi connectivity index (χ1n) is 8.41. The van der Waals surface area contributed by atoms with E-state index in [1.165, 1.54) is 0 Å². The molecule has 0 bridgehead atoms. The lowest BCUT2D eigenvalue weighted by Crippen LogP contribution is -2.33. The minimum Gasteiger partial charge on any atom is -0.464 e. The molecule has 3 aromatic rings. The second-order valence-electron chi connectivity index (χ2n) is 6.44. The van der Waals surface area contributed by atoms with Gasteiger partial charge in [-0.3, -0.25) is 0 Å². The molecule has 0 saturated carbocycles. The van der Waals surface area contributed by atoms with Crippen molar-refractivity contribution in [3.63, 3.8) is 0 Å². The first-order chi connectivity index (χ1) is 13.1. The van der Waals surface area contributed by atoms with E-state index in [-0.39, 0.29) is 6.04 Å². The van der Waals surface area contributed by atoms with Gasteiger partial charge in [0, 0.05) is 27.6 Å². The van der Waals surface area contributed by atoms with Crippen molar-refractivity contribution in [3.8, 4) is 5.75 Å². The maximum Gasteiger partial charge on any atom is 0.215 e. The van der Waals surface area contributed by atoms with Crippen LogP contribution in [0.2, 0.25) is 15.1 Å². The zero-order valence-corrected chi connectivity index (χ0v) is 16.2. The molecule has 4 nitrogen and oxygen atoms in total. The first-order valence-corrected chi connectivity index (χ1v) is 9.54. The maximum atomic E-state index is 6.46.